The number of alkyl halides is 4. The number of carboxylic acid groups (broad SMARTS) is 1. The molecule has 0 unspecified atom stereocenters. The van der Waals surface area contributed by atoms with Crippen molar-refractivity contribution in [2.24, 2.45) is 5.92 Å². The molecule has 1 saturated carbocycles. The van der Waals surface area contributed by atoms with Gasteiger partial charge >= 0.3 is 5.97 Å². The van der Waals surface area contributed by atoms with Crippen molar-refractivity contribution in [3.05, 3.63) is 0 Å². The molecule has 0 heterocycles. The Balaban J connectivity index is 3.12. The zero-order chi connectivity index (χ0) is 29.5. The monoisotopic (exact) mass is 568 g/mol. The van der Waals surface area contributed by atoms with Gasteiger partial charge in [-0.2, -0.15) is 0 Å². The molecule has 0 aromatic rings. The van der Waals surface area contributed by atoms with E-state index in [4.69, 9.17) is 5.11 Å². The first-order chi connectivity index (χ1) is 18.3. The van der Waals surface area contributed by atoms with E-state index < -0.39 is 92.3 Å². The van der Waals surface area contributed by atoms with E-state index in [0.717, 1.165) is 39.0 Å². The lowest BCUT2D eigenvalue weighted by Crippen LogP contribution is -2.58. The zero-order valence-electron chi connectivity index (χ0n) is 21.6. The molecule has 0 radical (unpaired) electrons. The first-order valence-corrected chi connectivity index (χ1v) is 12.7. The summed E-state index contributed by atoms with van der Waals surface area (Å²) in [6.45, 7) is 0.996. The topological polar surface area (TPSA) is 171 Å². The highest BCUT2D eigenvalue weighted by Crippen LogP contribution is 2.27. The van der Waals surface area contributed by atoms with Crippen LogP contribution in [0.15, 0.2) is 0 Å². The van der Waals surface area contributed by atoms with Gasteiger partial charge < -0.3 is 31.2 Å². The second-order valence-corrected chi connectivity index (χ2v) is 9.55. The van der Waals surface area contributed by atoms with Crippen LogP contribution in [0.25, 0.3) is 0 Å². The Labute approximate surface area is 223 Å². The molecule has 1 aliphatic carbocycles. The van der Waals surface area contributed by atoms with E-state index in [1.807, 2.05) is 5.32 Å². The van der Waals surface area contributed by atoms with Crippen LogP contribution in [0.5, 0.6) is 0 Å². The smallest absolute Gasteiger partial charge is 0.303 e. The van der Waals surface area contributed by atoms with Crippen LogP contribution in [0.4, 0.5) is 17.6 Å². The van der Waals surface area contributed by atoms with Gasteiger partial charge in [-0.3, -0.25) is 24.0 Å². The molecule has 0 aromatic heterocycles. The van der Waals surface area contributed by atoms with E-state index in [0.29, 0.717) is 0 Å². The Kier molecular flexibility index (Phi) is 15.0. The van der Waals surface area contributed by atoms with Crippen LogP contribution in [0.2, 0.25) is 0 Å². The van der Waals surface area contributed by atoms with Crippen LogP contribution < -0.4 is 21.3 Å². The summed E-state index contributed by atoms with van der Waals surface area (Å²) in [7, 11) is 0. The highest BCUT2D eigenvalue weighted by molar-refractivity contribution is 5.94. The third-order valence-corrected chi connectivity index (χ3v) is 6.24. The maximum Gasteiger partial charge on any atom is 0.303 e. The molecule has 0 aliphatic heterocycles. The lowest BCUT2D eigenvalue weighted by Gasteiger charge is -2.29. The van der Waals surface area contributed by atoms with Gasteiger partial charge in [0.05, 0.1) is 6.04 Å². The van der Waals surface area contributed by atoms with Gasteiger partial charge in [-0.25, -0.2) is 17.6 Å². The molecule has 4 amide bonds. The van der Waals surface area contributed by atoms with Crippen molar-refractivity contribution in [1.82, 2.24) is 21.3 Å². The van der Waals surface area contributed by atoms with E-state index in [9.17, 15) is 46.3 Å². The van der Waals surface area contributed by atoms with Gasteiger partial charge in [0.25, 0.3) is 0 Å². The molecule has 0 aromatic carbocycles. The lowest BCUT2D eigenvalue weighted by molar-refractivity contribution is -0.138. The molecule has 5 N–H and O–H groups in total. The van der Waals surface area contributed by atoms with Crippen LogP contribution >= 0.6 is 0 Å². The van der Waals surface area contributed by atoms with Crippen LogP contribution in [0.3, 0.4) is 0 Å². The van der Waals surface area contributed by atoms with E-state index in [1.54, 1.807) is 0 Å². The van der Waals surface area contributed by atoms with Crippen molar-refractivity contribution in [3.8, 4) is 0 Å². The summed E-state index contributed by atoms with van der Waals surface area (Å²) in [5, 5.41) is 17.8. The second kappa shape index (κ2) is 17.4. The van der Waals surface area contributed by atoms with Gasteiger partial charge in [0.15, 0.2) is 0 Å². The molecule has 1 aliphatic rings. The van der Waals surface area contributed by atoms with Crippen LogP contribution in [-0.4, -0.2) is 78.0 Å². The molecule has 1 fully saturated rings. The third kappa shape index (κ3) is 13.9. The Morgan fingerprint density at radius 1 is 0.795 bits per heavy atom. The Morgan fingerprint density at radius 3 is 1.85 bits per heavy atom. The molecule has 0 spiro atoms. The molecule has 15 heteroatoms. The highest BCUT2D eigenvalue weighted by atomic mass is 19.3. The minimum absolute atomic E-state index is 0.0122. The van der Waals surface area contributed by atoms with Crippen molar-refractivity contribution in [1.29, 1.82) is 0 Å². The van der Waals surface area contributed by atoms with E-state index in [2.05, 4.69) is 16.0 Å². The summed E-state index contributed by atoms with van der Waals surface area (Å²) < 4.78 is 51.4. The molecular weight excluding hydrogens is 532 g/mol. The molecule has 11 nitrogen and oxygen atoms in total. The summed E-state index contributed by atoms with van der Waals surface area (Å²) in [4.78, 5) is 72.3. The van der Waals surface area contributed by atoms with Crippen LogP contribution in [0.1, 0.15) is 71.1 Å². The Morgan fingerprint density at radius 2 is 1.33 bits per heavy atom. The van der Waals surface area contributed by atoms with Crippen molar-refractivity contribution in [3.63, 3.8) is 0 Å². The highest BCUT2D eigenvalue weighted by Gasteiger charge is 2.33. The predicted molar refractivity (Wildman–Crippen MR) is 129 cm³/mol. The van der Waals surface area contributed by atoms with Gasteiger partial charge in [0.2, 0.25) is 36.5 Å². The van der Waals surface area contributed by atoms with E-state index in [-0.39, 0.29) is 18.6 Å². The third-order valence-electron chi connectivity index (χ3n) is 6.24. The quantitative estimate of drug-likeness (QED) is 0.130. The summed E-state index contributed by atoms with van der Waals surface area (Å²) in [5.41, 5.74) is 0. The maximum atomic E-state index is 13.1. The summed E-state index contributed by atoms with van der Waals surface area (Å²) >= 11 is 0. The number of amides is 4. The first kappa shape index (κ1) is 33.8. The number of nitrogens with one attached hydrogen (secondary N) is 4. The average Bonchev–Trinajstić information content (AvgIpc) is 2.84. The minimum Gasteiger partial charge on any atom is -0.481 e. The van der Waals surface area contributed by atoms with Gasteiger partial charge in [-0.15, -0.1) is 0 Å². The number of carbonyl (C=O) groups is 6. The van der Waals surface area contributed by atoms with Gasteiger partial charge in [-0.05, 0) is 18.8 Å². The first-order valence-electron chi connectivity index (χ1n) is 12.7. The Hall–Kier alpha value is -3.26. The van der Waals surface area contributed by atoms with Crippen molar-refractivity contribution in [2.45, 2.75) is 108 Å². The summed E-state index contributed by atoms with van der Waals surface area (Å²) in [6, 6.07) is -6.13. The average molecular weight is 569 g/mol. The number of rotatable bonds is 17. The van der Waals surface area contributed by atoms with Crippen molar-refractivity contribution >= 4 is 35.9 Å². The largest absolute Gasteiger partial charge is 0.481 e. The predicted octanol–water partition coefficient (Wildman–Crippen LogP) is 1.29. The van der Waals surface area contributed by atoms with Gasteiger partial charge in [0, 0.05) is 26.2 Å². The lowest BCUT2D eigenvalue weighted by atomic mass is 9.84. The molecule has 39 heavy (non-hydrogen) atoms. The fourth-order valence-corrected chi connectivity index (χ4v) is 4.35. The number of hydrogen-bond acceptors (Lipinski definition) is 6. The SMILES string of the molecule is CC(=O)N[C@@H](CC(F)F)C(=O)N[C@@H](CCC(=O)O)C(=O)N[C@@H](CC1CCCCC1)C(=O)N[C@H](C=O)CC(F)F. The minimum atomic E-state index is -2.98. The summed E-state index contributed by atoms with van der Waals surface area (Å²) in [5.74, 6) is -5.23. The zero-order valence-corrected chi connectivity index (χ0v) is 21.6. The van der Waals surface area contributed by atoms with Gasteiger partial charge in [0.1, 0.15) is 24.4 Å². The number of aliphatic carboxylic acids is 1. The standard InChI is InChI=1S/C24H36F4N4O7/c1-13(34)29-18(11-20(27)28)24(39)31-16(7-8-21(35)36)22(37)32-17(9-14-5-3-2-4-6-14)23(38)30-15(12-33)10-19(25)26/h12,14-20H,2-11H2,1H3,(H,29,34)(H,30,38)(H,31,39)(H,32,37)(H,35,36)/t15-,16-,17-,18-/m0/s1. The molecular formula is C24H36F4N4O7. The number of carbonyl (C=O) groups excluding carboxylic acids is 5. The fraction of sp³-hybridized carbons (Fsp3) is 0.750. The Bertz CT molecular complexity index is 856. The molecule has 0 saturated heterocycles. The number of carboxylic acids is 1. The number of halogens is 4. The molecule has 1 rings (SSSR count). The van der Waals surface area contributed by atoms with Crippen molar-refractivity contribution in [2.75, 3.05) is 0 Å². The second-order valence-electron chi connectivity index (χ2n) is 9.55. The van der Waals surface area contributed by atoms with E-state index >= 15 is 0 Å². The van der Waals surface area contributed by atoms with Crippen molar-refractivity contribution < 1.29 is 51.4 Å². The maximum absolute atomic E-state index is 13.1. The molecule has 4 atom stereocenters. The summed E-state index contributed by atoms with van der Waals surface area (Å²) in [6.07, 6.45) is -4.52. The van der Waals surface area contributed by atoms with Gasteiger partial charge in [-0.1, -0.05) is 32.1 Å². The van der Waals surface area contributed by atoms with Crippen LogP contribution in [0, 0.1) is 5.92 Å². The van der Waals surface area contributed by atoms with E-state index in [1.165, 1.54) is 0 Å². The molecule has 0 bridgehead atoms. The van der Waals surface area contributed by atoms with Crippen LogP contribution in [-0.2, 0) is 28.8 Å². The number of aldehydes is 1. The number of hydrogen-bond donors (Lipinski definition) is 5. The fourth-order valence-electron chi connectivity index (χ4n) is 4.35. The molecule has 222 valence electrons. The normalized spacial score (nSPS) is 17.0.